The second-order valence-electron chi connectivity index (χ2n) is 6.03. The topological polar surface area (TPSA) is 47.1 Å². The zero-order valence-electron chi connectivity index (χ0n) is 13.1. The fourth-order valence-electron chi connectivity index (χ4n) is 2.99. The van der Waals surface area contributed by atoms with Crippen LogP contribution in [-0.2, 0) is 6.54 Å². The first kappa shape index (κ1) is 14.1. The van der Waals surface area contributed by atoms with E-state index in [1.54, 1.807) is 0 Å². The van der Waals surface area contributed by atoms with Crippen LogP contribution >= 0.6 is 0 Å². The van der Waals surface area contributed by atoms with Gasteiger partial charge in [-0.1, -0.05) is 18.2 Å². The summed E-state index contributed by atoms with van der Waals surface area (Å²) in [4.78, 5) is 2.35. The minimum Gasteiger partial charge on any atom is -0.356 e. The van der Waals surface area contributed by atoms with Crippen LogP contribution < -0.4 is 10.6 Å². The lowest BCUT2D eigenvalue weighted by Crippen LogP contribution is -2.33. The lowest BCUT2D eigenvalue weighted by molar-refractivity contribution is 0.594. The van der Waals surface area contributed by atoms with Crippen molar-refractivity contribution in [1.29, 1.82) is 0 Å². The molecule has 2 N–H and O–H groups in total. The molecule has 0 bridgehead atoms. The van der Waals surface area contributed by atoms with Crippen molar-refractivity contribution in [3.63, 3.8) is 0 Å². The van der Waals surface area contributed by atoms with Crippen LogP contribution in [0.4, 0.5) is 5.82 Å². The fraction of sp³-hybridized carbons (Fsp3) is 0.471. The van der Waals surface area contributed by atoms with Gasteiger partial charge < -0.3 is 10.6 Å². The van der Waals surface area contributed by atoms with Gasteiger partial charge in [-0.15, -0.1) is 0 Å². The highest BCUT2D eigenvalue weighted by atomic mass is 15.4. The summed E-state index contributed by atoms with van der Waals surface area (Å²) in [5, 5.41) is 4.73. The number of nitrogens with two attached hydrogens (primary N) is 1. The Balaban J connectivity index is 2.08. The summed E-state index contributed by atoms with van der Waals surface area (Å²) in [6.07, 6.45) is 2.67. The van der Waals surface area contributed by atoms with E-state index >= 15 is 0 Å². The summed E-state index contributed by atoms with van der Waals surface area (Å²) >= 11 is 0. The van der Waals surface area contributed by atoms with E-state index in [0.717, 1.165) is 28.7 Å². The van der Waals surface area contributed by atoms with Crippen molar-refractivity contribution in [2.45, 2.75) is 39.3 Å². The van der Waals surface area contributed by atoms with Crippen LogP contribution in [0.3, 0.4) is 0 Å². The third-order valence-corrected chi connectivity index (χ3v) is 4.61. The highest BCUT2D eigenvalue weighted by Crippen LogP contribution is 2.38. The molecule has 1 atom stereocenters. The van der Waals surface area contributed by atoms with Gasteiger partial charge in [-0.2, -0.15) is 5.10 Å². The maximum absolute atomic E-state index is 5.99. The first-order chi connectivity index (χ1) is 10.1. The Kier molecular flexibility index (Phi) is 3.72. The first-order valence-corrected chi connectivity index (χ1v) is 7.70. The number of nitrogens with zero attached hydrogens (tertiary/aromatic N) is 3. The second kappa shape index (κ2) is 5.53. The van der Waals surface area contributed by atoms with Gasteiger partial charge in [-0.05, 0) is 44.7 Å². The van der Waals surface area contributed by atoms with Crippen molar-refractivity contribution in [3.05, 3.63) is 41.6 Å². The quantitative estimate of drug-likeness (QED) is 0.918. The molecule has 0 spiro atoms. The third-order valence-electron chi connectivity index (χ3n) is 4.61. The molecular formula is C17H24N4. The molecule has 1 unspecified atom stereocenters. The molecular weight excluding hydrogens is 260 g/mol. The van der Waals surface area contributed by atoms with Crippen LogP contribution in [0.25, 0.3) is 5.69 Å². The Bertz CT molecular complexity index is 613. The van der Waals surface area contributed by atoms with Gasteiger partial charge in [0.25, 0.3) is 0 Å². The van der Waals surface area contributed by atoms with E-state index in [-0.39, 0.29) is 0 Å². The molecule has 0 aliphatic heterocycles. The average Bonchev–Trinajstić information content (AvgIpc) is 3.30. The number of aryl methyl sites for hydroxylation is 1. The second-order valence-corrected chi connectivity index (χ2v) is 6.03. The molecule has 3 rings (SSSR count). The van der Waals surface area contributed by atoms with E-state index < -0.39 is 0 Å². The predicted octanol–water partition coefficient (Wildman–Crippen LogP) is 2.87. The van der Waals surface area contributed by atoms with Gasteiger partial charge in [0.2, 0.25) is 0 Å². The molecule has 1 aliphatic carbocycles. The minimum atomic E-state index is 0.522. The number of benzene rings is 1. The molecule has 1 heterocycles. The predicted molar refractivity (Wildman–Crippen MR) is 86.8 cm³/mol. The lowest BCUT2D eigenvalue weighted by atomic mass is 10.1. The number of hydrogen-bond donors (Lipinski definition) is 1. The largest absolute Gasteiger partial charge is 0.356 e. The molecule has 4 heteroatoms. The fourth-order valence-corrected chi connectivity index (χ4v) is 2.99. The average molecular weight is 284 g/mol. The molecule has 21 heavy (non-hydrogen) atoms. The monoisotopic (exact) mass is 284 g/mol. The van der Waals surface area contributed by atoms with E-state index in [1.165, 1.54) is 12.8 Å². The summed E-state index contributed by atoms with van der Waals surface area (Å²) in [6.45, 7) is 4.87. The number of rotatable bonds is 5. The zero-order chi connectivity index (χ0) is 15.0. The maximum Gasteiger partial charge on any atom is 0.137 e. The van der Waals surface area contributed by atoms with Crippen LogP contribution in [0.2, 0.25) is 0 Å². The summed E-state index contributed by atoms with van der Waals surface area (Å²) < 4.78 is 2.04. The van der Waals surface area contributed by atoms with Gasteiger partial charge in [-0.3, -0.25) is 0 Å². The molecule has 1 aromatic heterocycles. The van der Waals surface area contributed by atoms with Crippen LogP contribution in [-0.4, -0.2) is 22.9 Å². The Morgan fingerprint density at radius 2 is 2.00 bits per heavy atom. The molecule has 0 saturated heterocycles. The van der Waals surface area contributed by atoms with Crippen molar-refractivity contribution in [2.24, 2.45) is 11.7 Å². The van der Waals surface area contributed by atoms with Crippen molar-refractivity contribution in [3.8, 4) is 5.69 Å². The van der Waals surface area contributed by atoms with E-state index in [9.17, 15) is 0 Å². The Morgan fingerprint density at radius 1 is 1.33 bits per heavy atom. The van der Waals surface area contributed by atoms with E-state index in [4.69, 9.17) is 10.8 Å². The summed E-state index contributed by atoms with van der Waals surface area (Å²) in [5.74, 6) is 1.95. The first-order valence-electron chi connectivity index (χ1n) is 7.70. The third kappa shape index (κ3) is 2.56. The van der Waals surface area contributed by atoms with Gasteiger partial charge in [0, 0.05) is 25.2 Å². The molecule has 1 aliphatic rings. The number of anilines is 1. The lowest BCUT2D eigenvalue weighted by Gasteiger charge is -2.28. The van der Waals surface area contributed by atoms with Crippen molar-refractivity contribution in [1.82, 2.24) is 9.78 Å². The van der Waals surface area contributed by atoms with Crippen LogP contribution in [0.5, 0.6) is 0 Å². The molecule has 4 nitrogen and oxygen atoms in total. The SMILES string of the molecule is Cc1nn(-c2ccccc2)c(N(C)C(C)C2CC2)c1CN. The Hall–Kier alpha value is -1.81. The van der Waals surface area contributed by atoms with Crippen molar-refractivity contribution in [2.75, 3.05) is 11.9 Å². The number of hydrogen-bond acceptors (Lipinski definition) is 3. The molecule has 2 aromatic rings. The minimum absolute atomic E-state index is 0.522. The van der Waals surface area contributed by atoms with Gasteiger partial charge in [-0.25, -0.2) is 4.68 Å². The smallest absolute Gasteiger partial charge is 0.137 e. The molecule has 1 aromatic carbocycles. The van der Waals surface area contributed by atoms with E-state index in [0.29, 0.717) is 12.6 Å². The van der Waals surface area contributed by atoms with Gasteiger partial charge in [0.15, 0.2) is 0 Å². The van der Waals surface area contributed by atoms with Crippen molar-refractivity contribution < 1.29 is 0 Å². The van der Waals surface area contributed by atoms with Gasteiger partial charge in [0.1, 0.15) is 5.82 Å². The normalized spacial score (nSPS) is 16.0. The van der Waals surface area contributed by atoms with Crippen LogP contribution in [0, 0.1) is 12.8 Å². The van der Waals surface area contributed by atoms with Crippen LogP contribution in [0.1, 0.15) is 31.0 Å². The Labute approximate surface area is 126 Å². The van der Waals surface area contributed by atoms with Gasteiger partial charge >= 0.3 is 0 Å². The highest BCUT2D eigenvalue weighted by Gasteiger charge is 2.33. The van der Waals surface area contributed by atoms with E-state index in [2.05, 4.69) is 31.0 Å². The molecule has 0 amide bonds. The van der Waals surface area contributed by atoms with Crippen LogP contribution in [0.15, 0.2) is 30.3 Å². The Morgan fingerprint density at radius 3 is 2.57 bits per heavy atom. The maximum atomic E-state index is 5.99. The summed E-state index contributed by atoms with van der Waals surface area (Å²) in [6, 6.07) is 10.8. The standard InChI is InChI=1S/C17H24N4/c1-12-16(11-18)17(20(3)13(2)14-9-10-14)21(19-12)15-7-5-4-6-8-15/h4-8,13-14H,9-11,18H2,1-3H3. The number of para-hydroxylation sites is 1. The molecule has 1 saturated carbocycles. The van der Waals surface area contributed by atoms with E-state index in [1.807, 2.05) is 29.8 Å². The van der Waals surface area contributed by atoms with Gasteiger partial charge in [0.05, 0.1) is 11.4 Å². The summed E-state index contributed by atoms with van der Waals surface area (Å²) in [5.41, 5.74) is 9.25. The molecule has 0 radical (unpaired) electrons. The highest BCUT2D eigenvalue weighted by molar-refractivity contribution is 5.55. The molecule has 112 valence electrons. The zero-order valence-corrected chi connectivity index (χ0v) is 13.1. The molecule has 1 fully saturated rings. The number of aromatic nitrogens is 2. The van der Waals surface area contributed by atoms with Crippen molar-refractivity contribution >= 4 is 5.82 Å². The summed E-state index contributed by atoms with van der Waals surface area (Å²) in [7, 11) is 2.16.